The predicted octanol–water partition coefficient (Wildman–Crippen LogP) is 2.32. The van der Waals surface area contributed by atoms with Crippen LogP contribution in [0.1, 0.15) is 26.7 Å². The topological polar surface area (TPSA) is 83.5 Å². The third-order valence-electron chi connectivity index (χ3n) is 2.80. The Labute approximate surface area is 134 Å². The summed E-state index contributed by atoms with van der Waals surface area (Å²) >= 11 is 3.31. The fraction of sp³-hybridized carbons (Fsp3) is 0.429. The molecule has 0 saturated carbocycles. The molecule has 0 aliphatic rings. The second kappa shape index (κ2) is 7.70. The summed E-state index contributed by atoms with van der Waals surface area (Å²) in [5, 5.41) is 11.3. The largest absolute Gasteiger partial charge is 0.480 e. The van der Waals surface area contributed by atoms with Crippen molar-refractivity contribution < 1.29 is 18.9 Å². The lowest BCUT2D eigenvalue weighted by molar-refractivity contribution is -0.146. The van der Waals surface area contributed by atoms with Gasteiger partial charge in [0.1, 0.15) is 5.54 Å². The SMILES string of the molecule is CC(C)(NC(=O)CCCS(=O)c1ccc(Br)cc1)C(=O)O. The molecule has 7 heteroatoms. The molecular weight excluding hydrogens is 358 g/mol. The van der Waals surface area contributed by atoms with Gasteiger partial charge in [-0.25, -0.2) is 4.79 Å². The van der Waals surface area contributed by atoms with E-state index in [2.05, 4.69) is 21.2 Å². The van der Waals surface area contributed by atoms with Gasteiger partial charge in [0.25, 0.3) is 0 Å². The average Bonchev–Trinajstić information content (AvgIpc) is 2.38. The Bertz CT molecular complexity index is 542. The van der Waals surface area contributed by atoms with Crippen molar-refractivity contribution in [2.75, 3.05) is 5.75 Å². The second-order valence-corrected chi connectivity index (χ2v) is 7.57. The van der Waals surface area contributed by atoms with Crippen LogP contribution in [0.3, 0.4) is 0 Å². The van der Waals surface area contributed by atoms with E-state index in [0.29, 0.717) is 17.1 Å². The third-order valence-corrected chi connectivity index (χ3v) is 4.78. The number of amides is 1. The zero-order chi connectivity index (χ0) is 16.0. The van der Waals surface area contributed by atoms with Crippen molar-refractivity contribution in [1.82, 2.24) is 5.32 Å². The second-order valence-electron chi connectivity index (χ2n) is 5.09. The molecule has 0 spiro atoms. The molecule has 0 saturated heterocycles. The summed E-state index contributed by atoms with van der Waals surface area (Å²) in [5.74, 6) is -1.08. The first-order chi connectivity index (χ1) is 9.72. The molecule has 0 radical (unpaired) electrons. The maximum absolute atomic E-state index is 12.0. The molecule has 1 atom stereocenters. The molecule has 2 N–H and O–H groups in total. The van der Waals surface area contributed by atoms with E-state index < -0.39 is 22.3 Å². The fourth-order valence-corrected chi connectivity index (χ4v) is 2.88. The first-order valence-corrected chi connectivity index (χ1v) is 8.52. The van der Waals surface area contributed by atoms with E-state index in [-0.39, 0.29) is 12.3 Å². The number of benzene rings is 1. The number of carboxylic acids is 1. The summed E-state index contributed by atoms with van der Waals surface area (Å²) in [7, 11) is -1.16. The molecule has 1 rings (SSSR count). The number of carbonyl (C=O) groups excluding carboxylic acids is 1. The third kappa shape index (κ3) is 5.97. The van der Waals surface area contributed by atoms with Crippen LogP contribution in [0.4, 0.5) is 0 Å². The van der Waals surface area contributed by atoms with Crippen molar-refractivity contribution in [2.45, 2.75) is 37.1 Å². The van der Waals surface area contributed by atoms with Crippen LogP contribution in [0.25, 0.3) is 0 Å². The summed E-state index contributed by atoms with van der Waals surface area (Å²) in [6, 6.07) is 7.17. The van der Waals surface area contributed by atoms with Crippen LogP contribution in [0.15, 0.2) is 33.6 Å². The van der Waals surface area contributed by atoms with E-state index >= 15 is 0 Å². The van der Waals surface area contributed by atoms with Crippen molar-refractivity contribution in [3.8, 4) is 0 Å². The average molecular weight is 376 g/mol. The van der Waals surface area contributed by atoms with Crippen LogP contribution in [0.2, 0.25) is 0 Å². The minimum atomic E-state index is -1.29. The van der Waals surface area contributed by atoms with Crippen LogP contribution in [-0.4, -0.2) is 32.5 Å². The molecule has 0 aromatic heterocycles. The molecule has 116 valence electrons. The minimum absolute atomic E-state index is 0.152. The Morgan fingerprint density at radius 1 is 1.29 bits per heavy atom. The molecule has 0 aliphatic carbocycles. The maximum atomic E-state index is 12.0. The summed E-state index contributed by atoms with van der Waals surface area (Å²) < 4.78 is 12.9. The number of rotatable bonds is 7. The van der Waals surface area contributed by atoms with E-state index in [1.807, 2.05) is 12.1 Å². The first-order valence-electron chi connectivity index (χ1n) is 6.41. The van der Waals surface area contributed by atoms with Crippen molar-refractivity contribution >= 4 is 38.6 Å². The van der Waals surface area contributed by atoms with Gasteiger partial charge in [-0.1, -0.05) is 15.9 Å². The van der Waals surface area contributed by atoms with Crippen molar-refractivity contribution in [2.24, 2.45) is 0 Å². The van der Waals surface area contributed by atoms with E-state index in [1.54, 1.807) is 12.1 Å². The molecular formula is C14H18BrNO4S. The zero-order valence-electron chi connectivity index (χ0n) is 11.9. The first kappa shape index (κ1) is 17.8. The number of halogens is 1. The van der Waals surface area contributed by atoms with Crippen LogP contribution >= 0.6 is 15.9 Å². The van der Waals surface area contributed by atoms with E-state index in [9.17, 15) is 13.8 Å². The summed E-state index contributed by atoms with van der Waals surface area (Å²) in [4.78, 5) is 23.2. The lowest BCUT2D eigenvalue weighted by atomic mass is 10.1. The van der Waals surface area contributed by atoms with Crippen molar-refractivity contribution in [1.29, 1.82) is 0 Å². The fourth-order valence-electron chi connectivity index (χ4n) is 1.53. The van der Waals surface area contributed by atoms with Gasteiger partial charge in [-0.05, 0) is 44.5 Å². The van der Waals surface area contributed by atoms with Crippen LogP contribution in [0, 0.1) is 0 Å². The highest BCUT2D eigenvalue weighted by atomic mass is 79.9. The van der Waals surface area contributed by atoms with Crippen LogP contribution < -0.4 is 5.32 Å². The van der Waals surface area contributed by atoms with E-state index in [1.165, 1.54) is 13.8 Å². The van der Waals surface area contributed by atoms with Gasteiger partial charge in [-0.3, -0.25) is 9.00 Å². The summed E-state index contributed by atoms with van der Waals surface area (Å²) in [6.45, 7) is 2.85. The summed E-state index contributed by atoms with van der Waals surface area (Å²) in [6.07, 6.45) is 0.586. The van der Waals surface area contributed by atoms with Crippen molar-refractivity contribution in [3.05, 3.63) is 28.7 Å². The smallest absolute Gasteiger partial charge is 0.328 e. The minimum Gasteiger partial charge on any atom is -0.480 e. The highest BCUT2D eigenvalue weighted by Gasteiger charge is 2.28. The normalized spacial score (nSPS) is 12.7. The Hall–Kier alpha value is -1.21. The van der Waals surface area contributed by atoms with Gasteiger partial charge >= 0.3 is 5.97 Å². The standard InChI is InChI=1S/C14H18BrNO4S/c1-14(2,13(18)19)16-12(17)4-3-9-21(20)11-7-5-10(15)6-8-11/h5-8H,3-4,9H2,1-2H3,(H,16,17)(H,18,19). The quantitative estimate of drug-likeness (QED) is 0.765. The highest BCUT2D eigenvalue weighted by molar-refractivity contribution is 9.10. The lowest BCUT2D eigenvalue weighted by Crippen LogP contribution is -2.49. The van der Waals surface area contributed by atoms with Gasteiger partial charge in [0.2, 0.25) is 5.91 Å². The molecule has 1 amide bonds. The molecule has 0 heterocycles. The van der Waals surface area contributed by atoms with Crippen LogP contribution in [-0.2, 0) is 20.4 Å². The molecule has 1 aromatic carbocycles. The number of hydrogen-bond acceptors (Lipinski definition) is 3. The number of carbonyl (C=O) groups is 2. The highest BCUT2D eigenvalue weighted by Crippen LogP contribution is 2.14. The molecule has 0 aliphatic heterocycles. The van der Waals surface area contributed by atoms with E-state index in [0.717, 1.165) is 4.47 Å². The molecule has 0 bridgehead atoms. The number of nitrogens with one attached hydrogen (secondary N) is 1. The van der Waals surface area contributed by atoms with Gasteiger partial charge in [0.15, 0.2) is 0 Å². The Balaban J connectivity index is 2.40. The molecule has 21 heavy (non-hydrogen) atoms. The molecule has 5 nitrogen and oxygen atoms in total. The van der Waals surface area contributed by atoms with Gasteiger partial charge in [0.05, 0.1) is 10.8 Å². The number of hydrogen-bond donors (Lipinski definition) is 2. The van der Waals surface area contributed by atoms with Crippen molar-refractivity contribution in [3.63, 3.8) is 0 Å². The Morgan fingerprint density at radius 3 is 2.38 bits per heavy atom. The van der Waals surface area contributed by atoms with Gasteiger partial charge < -0.3 is 10.4 Å². The zero-order valence-corrected chi connectivity index (χ0v) is 14.3. The number of aliphatic carboxylic acids is 1. The Morgan fingerprint density at radius 2 is 1.86 bits per heavy atom. The monoisotopic (exact) mass is 375 g/mol. The molecule has 1 unspecified atom stereocenters. The van der Waals surface area contributed by atoms with Gasteiger partial charge in [0, 0.05) is 21.5 Å². The molecule has 1 aromatic rings. The van der Waals surface area contributed by atoms with Crippen LogP contribution in [0.5, 0.6) is 0 Å². The number of carboxylic acid groups (broad SMARTS) is 1. The Kier molecular flexibility index (Phi) is 6.54. The molecule has 0 fully saturated rings. The van der Waals surface area contributed by atoms with Gasteiger partial charge in [-0.2, -0.15) is 0 Å². The van der Waals surface area contributed by atoms with Gasteiger partial charge in [-0.15, -0.1) is 0 Å². The van der Waals surface area contributed by atoms with E-state index in [4.69, 9.17) is 5.11 Å². The summed E-state index contributed by atoms with van der Waals surface area (Å²) in [5.41, 5.74) is -1.29. The predicted molar refractivity (Wildman–Crippen MR) is 84.5 cm³/mol. The lowest BCUT2D eigenvalue weighted by Gasteiger charge is -2.20. The maximum Gasteiger partial charge on any atom is 0.328 e.